The maximum Gasteiger partial charge on any atom is 0.0346 e. The van der Waals surface area contributed by atoms with E-state index in [0.717, 1.165) is 13.1 Å². The van der Waals surface area contributed by atoms with E-state index in [-0.39, 0.29) is 0 Å². The second-order valence-electron chi connectivity index (χ2n) is 4.47. The van der Waals surface area contributed by atoms with E-state index in [1.807, 2.05) is 11.3 Å². The molecule has 1 aromatic carbocycles. The first-order valence-corrected chi connectivity index (χ1v) is 8.88. The van der Waals surface area contributed by atoms with Crippen LogP contribution in [0.3, 0.4) is 0 Å². The highest BCUT2D eigenvalue weighted by molar-refractivity contribution is 9.10. The maximum atomic E-state index is 3.50. The predicted octanol–water partition coefficient (Wildman–Crippen LogP) is 5.53. The van der Waals surface area contributed by atoms with Crippen molar-refractivity contribution in [2.24, 2.45) is 0 Å². The van der Waals surface area contributed by atoms with Crippen LogP contribution in [0.1, 0.15) is 9.75 Å². The Labute approximate surface area is 135 Å². The Kier molecular flexibility index (Phi) is 4.68. The van der Waals surface area contributed by atoms with Gasteiger partial charge >= 0.3 is 0 Å². The summed E-state index contributed by atoms with van der Waals surface area (Å²) in [6.45, 7) is 1.85. The summed E-state index contributed by atoms with van der Waals surface area (Å²) in [5, 5.41) is 5.62. The molecule has 0 amide bonds. The van der Waals surface area contributed by atoms with Gasteiger partial charge in [0.25, 0.3) is 0 Å². The van der Waals surface area contributed by atoms with Gasteiger partial charge in [-0.05, 0) is 39.7 Å². The lowest BCUT2D eigenvalue weighted by Crippen LogP contribution is -2.10. The Balaban J connectivity index is 1.58. The van der Waals surface area contributed by atoms with Crippen molar-refractivity contribution in [3.63, 3.8) is 0 Å². The predicted molar refractivity (Wildman–Crippen MR) is 92.3 cm³/mol. The van der Waals surface area contributed by atoms with Crippen LogP contribution >= 0.6 is 38.6 Å². The lowest BCUT2D eigenvalue weighted by Gasteiger charge is -2.00. The Hall–Kier alpha value is -0.940. The first-order chi connectivity index (χ1) is 9.81. The van der Waals surface area contributed by atoms with E-state index in [1.54, 1.807) is 11.3 Å². The Morgan fingerprint density at radius 2 is 1.75 bits per heavy atom. The SMILES string of the molecule is Brc1csc(CNCc2ccc(-c3ccccc3)s2)c1. The molecule has 2 aromatic heterocycles. The van der Waals surface area contributed by atoms with E-state index >= 15 is 0 Å². The van der Waals surface area contributed by atoms with Crippen molar-refractivity contribution in [3.8, 4) is 10.4 Å². The van der Waals surface area contributed by atoms with Crippen LogP contribution in [0.4, 0.5) is 0 Å². The molecule has 4 heteroatoms. The zero-order valence-electron chi connectivity index (χ0n) is 10.8. The van der Waals surface area contributed by atoms with E-state index in [1.165, 1.54) is 24.7 Å². The van der Waals surface area contributed by atoms with Crippen LogP contribution < -0.4 is 5.32 Å². The highest BCUT2D eigenvalue weighted by atomic mass is 79.9. The molecular formula is C16H14BrNS2. The molecule has 1 nitrogen and oxygen atoms in total. The first-order valence-electron chi connectivity index (χ1n) is 6.39. The van der Waals surface area contributed by atoms with Gasteiger partial charge in [-0.1, -0.05) is 30.3 Å². The smallest absolute Gasteiger partial charge is 0.0346 e. The van der Waals surface area contributed by atoms with E-state index < -0.39 is 0 Å². The Morgan fingerprint density at radius 1 is 0.950 bits per heavy atom. The monoisotopic (exact) mass is 363 g/mol. The average Bonchev–Trinajstić information content (AvgIpc) is 3.09. The zero-order chi connectivity index (χ0) is 13.8. The molecule has 3 rings (SSSR count). The third-order valence-electron chi connectivity index (χ3n) is 2.94. The van der Waals surface area contributed by atoms with Crippen molar-refractivity contribution < 1.29 is 0 Å². The van der Waals surface area contributed by atoms with Crippen molar-refractivity contribution in [2.75, 3.05) is 0 Å². The summed E-state index contributed by atoms with van der Waals surface area (Å²) < 4.78 is 1.17. The van der Waals surface area contributed by atoms with Crippen LogP contribution in [0.15, 0.2) is 58.4 Å². The first kappa shape index (κ1) is 14.0. The van der Waals surface area contributed by atoms with Gasteiger partial charge in [0.05, 0.1) is 0 Å². The van der Waals surface area contributed by atoms with Crippen molar-refractivity contribution in [1.29, 1.82) is 0 Å². The number of thiophene rings is 2. The summed E-state index contributed by atoms with van der Waals surface area (Å²) in [6.07, 6.45) is 0. The van der Waals surface area contributed by atoms with Crippen molar-refractivity contribution >= 4 is 38.6 Å². The van der Waals surface area contributed by atoms with Crippen LogP contribution in [0.25, 0.3) is 10.4 Å². The minimum atomic E-state index is 0.924. The lowest BCUT2D eigenvalue weighted by atomic mass is 10.2. The zero-order valence-corrected chi connectivity index (χ0v) is 14.0. The third kappa shape index (κ3) is 3.58. The number of hydrogen-bond donors (Lipinski definition) is 1. The number of halogens is 1. The van der Waals surface area contributed by atoms with Crippen molar-refractivity contribution in [3.05, 3.63) is 68.1 Å². The highest BCUT2D eigenvalue weighted by Crippen LogP contribution is 2.28. The Bertz CT molecular complexity index is 673. The van der Waals surface area contributed by atoms with Crippen LogP contribution in [0, 0.1) is 0 Å². The fourth-order valence-corrected chi connectivity index (χ4v) is 4.39. The van der Waals surface area contributed by atoms with Crippen LogP contribution in [0.5, 0.6) is 0 Å². The van der Waals surface area contributed by atoms with Gasteiger partial charge in [0, 0.05) is 37.6 Å². The number of hydrogen-bond acceptors (Lipinski definition) is 3. The van der Waals surface area contributed by atoms with Gasteiger partial charge in [-0.3, -0.25) is 0 Å². The molecule has 102 valence electrons. The molecule has 0 bridgehead atoms. The minimum Gasteiger partial charge on any atom is -0.307 e. The minimum absolute atomic E-state index is 0.924. The summed E-state index contributed by atoms with van der Waals surface area (Å²) in [5.41, 5.74) is 1.30. The van der Waals surface area contributed by atoms with Gasteiger partial charge < -0.3 is 5.32 Å². The maximum absolute atomic E-state index is 3.50. The number of benzene rings is 1. The normalized spacial score (nSPS) is 10.8. The summed E-state index contributed by atoms with van der Waals surface area (Å²) >= 11 is 7.12. The molecule has 0 unspecified atom stereocenters. The summed E-state index contributed by atoms with van der Waals surface area (Å²) in [4.78, 5) is 4.07. The van der Waals surface area contributed by atoms with E-state index in [2.05, 4.69) is 75.2 Å². The second kappa shape index (κ2) is 6.68. The molecule has 0 saturated carbocycles. The fraction of sp³-hybridized carbons (Fsp3) is 0.125. The number of nitrogens with one attached hydrogen (secondary N) is 1. The second-order valence-corrected chi connectivity index (χ2v) is 7.55. The molecule has 0 fully saturated rings. The largest absolute Gasteiger partial charge is 0.307 e. The molecule has 0 aliphatic rings. The topological polar surface area (TPSA) is 12.0 Å². The lowest BCUT2D eigenvalue weighted by molar-refractivity contribution is 0.709. The van der Waals surface area contributed by atoms with Gasteiger partial charge in [-0.25, -0.2) is 0 Å². The standard InChI is InChI=1S/C16H14BrNS2/c17-13-8-15(19-11-13)10-18-9-14-6-7-16(20-14)12-4-2-1-3-5-12/h1-8,11,18H,9-10H2. The molecule has 0 spiro atoms. The molecule has 3 aromatic rings. The average molecular weight is 364 g/mol. The van der Waals surface area contributed by atoms with Gasteiger partial charge in [-0.15, -0.1) is 22.7 Å². The van der Waals surface area contributed by atoms with Crippen LogP contribution in [-0.4, -0.2) is 0 Å². The molecule has 0 atom stereocenters. The quantitative estimate of drug-likeness (QED) is 0.628. The molecule has 1 N–H and O–H groups in total. The third-order valence-corrected chi connectivity index (χ3v) is 5.77. The van der Waals surface area contributed by atoms with Gasteiger partial charge in [-0.2, -0.15) is 0 Å². The van der Waals surface area contributed by atoms with E-state index in [4.69, 9.17) is 0 Å². The van der Waals surface area contributed by atoms with E-state index in [9.17, 15) is 0 Å². The molecule has 2 heterocycles. The van der Waals surface area contributed by atoms with Gasteiger partial charge in [0.2, 0.25) is 0 Å². The Morgan fingerprint density at radius 3 is 2.50 bits per heavy atom. The molecule has 20 heavy (non-hydrogen) atoms. The summed E-state index contributed by atoms with van der Waals surface area (Å²) in [6, 6.07) is 17.1. The van der Waals surface area contributed by atoms with Crippen molar-refractivity contribution in [1.82, 2.24) is 5.32 Å². The summed E-state index contributed by atoms with van der Waals surface area (Å²) in [5.74, 6) is 0. The fourth-order valence-electron chi connectivity index (χ4n) is 1.99. The molecular weight excluding hydrogens is 350 g/mol. The number of rotatable bonds is 5. The van der Waals surface area contributed by atoms with Crippen LogP contribution in [-0.2, 0) is 13.1 Å². The van der Waals surface area contributed by atoms with Crippen LogP contribution in [0.2, 0.25) is 0 Å². The van der Waals surface area contributed by atoms with Gasteiger partial charge in [0.15, 0.2) is 0 Å². The molecule has 0 aliphatic heterocycles. The van der Waals surface area contributed by atoms with E-state index in [0.29, 0.717) is 0 Å². The highest BCUT2D eigenvalue weighted by Gasteiger charge is 2.03. The summed E-state index contributed by atoms with van der Waals surface area (Å²) in [7, 11) is 0. The van der Waals surface area contributed by atoms with Gasteiger partial charge in [0.1, 0.15) is 0 Å². The molecule has 0 saturated heterocycles. The van der Waals surface area contributed by atoms with Crippen molar-refractivity contribution in [2.45, 2.75) is 13.1 Å². The molecule has 0 aliphatic carbocycles. The molecule has 0 radical (unpaired) electrons.